The zero-order chi connectivity index (χ0) is 17.2. The van der Waals surface area contributed by atoms with Crippen molar-refractivity contribution in [3.63, 3.8) is 0 Å². The lowest BCUT2D eigenvalue weighted by atomic mass is 10.1. The fraction of sp³-hybridized carbons (Fsp3) is 0.263. The van der Waals surface area contributed by atoms with Crippen LogP contribution in [0, 0.1) is 5.82 Å². The second-order valence-electron chi connectivity index (χ2n) is 6.10. The Kier molecular flexibility index (Phi) is 4.36. The van der Waals surface area contributed by atoms with Crippen LogP contribution in [0.1, 0.15) is 18.4 Å². The number of likely N-dealkylation sites (tertiary alicyclic amines) is 1. The van der Waals surface area contributed by atoms with E-state index in [1.54, 1.807) is 6.07 Å². The van der Waals surface area contributed by atoms with Crippen LogP contribution in [0.25, 0.3) is 10.2 Å². The summed E-state index contributed by atoms with van der Waals surface area (Å²) < 4.78 is 19.7. The summed E-state index contributed by atoms with van der Waals surface area (Å²) in [5.74, 6) is 0.547. The van der Waals surface area contributed by atoms with Crippen molar-refractivity contribution in [3.05, 3.63) is 53.8 Å². The molecule has 0 bridgehead atoms. The van der Waals surface area contributed by atoms with Gasteiger partial charge in [0.05, 0.1) is 16.6 Å². The third kappa shape index (κ3) is 3.64. The molecule has 1 saturated heterocycles. The van der Waals surface area contributed by atoms with Gasteiger partial charge in [-0.15, -0.1) is 0 Å². The van der Waals surface area contributed by atoms with Gasteiger partial charge < -0.3 is 9.64 Å². The summed E-state index contributed by atoms with van der Waals surface area (Å²) in [5.41, 5.74) is 1.69. The number of hydrogen-bond acceptors (Lipinski definition) is 4. The van der Waals surface area contributed by atoms with E-state index in [0.29, 0.717) is 22.9 Å². The molecule has 0 N–H and O–H groups in total. The van der Waals surface area contributed by atoms with Gasteiger partial charge >= 0.3 is 0 Å². The van der Waals surface area contributed by atoms with E-state index in [0.717, 1.165) is 36.2 Å². The Labute approximate surface area is 148 Å². The molecule has 6 heteroatoms. The number of carbonyl (C=O) groups is 1. The number of rotatable bonds is 4. The van der Waals surface area contributed by atoms with Gasteiger partial charge in [0.1, 0.15) is 11.6 Å². The molecular formula is C19H17FN2O2S. The number of hydrogen-bond donors (Lipinski definition) is 0. The molecule has 1 aliphatic rings. The Morgan fingerprint density at radius 3 is 2.68 bits per heavy atom. The van der Waals surface area contributed by atoms with Gasteiger partial charge in [-0.3, -0.25) is 4.79 Å². The normalized spacial score (nSPS) is 14.2. The number of nitrogens with zero attached hydrogens (tertiary/aromatic N) is 2. The van der Waals surface area contributed by atoms with Gasteiger partial charge in [0.2, 0.25) is 5.91 Å². The van der Waals surface area contributed by atoms with Crippen LogP contribution in [0.4, 0.5) is 4.39 Å². The minimum absolute atomic E-state index is 0.180. The van der Waals surface area contributed by atoms with E-state index in [2.05, 4.69) is 4.98 Å². The SMILES string of the molecule is O=C(Cc1ccc(Oc2nc3ccc(F)cc3s2)cc1)N1CCCC1. The monoisotopic (exact) mass is 356 g/mol. The topological polar surface area (TPSA) is 42.4 Å². The van der Waals surface area contributed by atoms with Gasteiger partial charge in [0.25, 0.3) is 5.19 Å². The molecule has 2 heterocycles. The Morgan fingerprint density at radius 2 is 1.92 bits per heavy atom. The van der Waals surface area contributed by atoms with Crippen LogP contribution in [0.15, 0.2) is 42.5 Å². The third-order valence-corrected chi connectivity index (χ3v) is 5.17. The van der Waals surface area contributed by atoms with Crippen molar-refractivity contribution in [3.8, 4) is 10.9 Å². The van der Waals surface area contributed by atoms with Crippen molar-refractivity contribution in [2.45, 2.75) is 19.3 Å². The van der Waals surface area contributed by atoms with E-state index in [1.165, 1.54) is 23.5 Å². The minimum Gasteiger partial charge on any atom is -0.431 e. The predicted octanol–water partition coefficient (Wildman–Crippen LogP) is 4.39. The van der Waals surface area contributed by atoms with E-state index in [-0.39, 0.29) is 11.7 Å². The van der Waals surface area contributed by atoms with Crippen LogP contribution in [0.3, 0.4) is 0 Å². The molecule has 128 valence electrons. The number of aromatic nitrogens is 1. The van der Waals surface area contributed by atoms with Crippen LogP contribution in [0.5, 0.6) is 10.9 Å². The van der Waals surface area contributed by atoms with Crippen molar-refractivity contribution < 1.29 is 13.9 Å². The quantitative estimate of drug-likeness (QED) is 0.696. The highest BCUT2D eigenvalue weighted by atomic mass is 32.1. The van der Waals surface area contributed by atoms with Crippen LogP contribution >= 0.6 is 11.3 Å². The molecular weight excluding hydrogens is 339 g/mol. The molecule has 4 nitrogen and oxygen atoms in total. The Hall–Kier alpha value is -2.47. The number of thiazole rings is 1. The van der Waals surface area contributed by atoms with E-state index in [9.17, 15) is 9.18 Å². The van der Waals surface area contributed by atoms with Crippen LogP contribution < -0.4 is 4.74 Å². The maximum Gasteiger partial charge on any atom is 0.279 e. The fourth-order valence-corrected chi connectivity index (χ4v) is 3.81. The molecule has 4 rings (SSSR count). The molecule has 2 aromatic carbocycles. The first-order chi connectivity index (χ1) is 12.2. The smallest absolute Gasteiger partial charge is 0.279 e. The molecule has 0 saturated carbocycles. The zero-order valence-electron chi connectivity index (χ0n) is 13.6. The van der Waals surface area contributed by atoms with Crippen molar-refractivity contribution >= 4 is 27.5 Å². The highest BCUT2D eigenvalue weighted by Gasteiger charge is 2.17. The van der Waals surface area contributed by atoms with Crippen molar-refractivity contribution in [1.29, 1.82) is 0 Å². The molecule has 1 aliphatic heterocycles. The first kappa shape index (κ1) is 16.0. The molecule has 0 unspecified atom stereocenters. The highest BCUT2D eigenvalue weighted by molar-refractivity contribution is 7.20. The van der Waals surface area contributed by atoms with E-state index >= 15 is 0 Å². The van der Waals surface area contributed by atoms with Crippen molar-refractivity contribution in [1.82, 2.24) is 9.88 Å². The maximum absolute atomic E-state index is 13.2. The first-order valence-corrected chi connectivity index (χ1v) is 9.10. The summed E-state index contributed by atoms with van der Waals surface area (Å²) >= 11 is 1.30. The van der Waals surface area contributed by atoms with Crippen molar-refractivity contribution in [2.24, 2.45) is 0 Å². The fourth-order valence-electron chi connectivity index (χ4n) is 2.95. The molecule has 0 spiro atoms. The van der Waals surface area contributed by atoms with Gasteiger partial charge in [-0.05, 0) is 48.7 Å². The molecule has 0 aliphatic carbocycles. The lowest BCUT2D eigenvalue weighted by Gasteiger charge is -2.15. The average Bonchev–Trinajstić information content (AvgIpc) is 3.25. The lowest BCUT2D eigenvalue weighted by Crippen LogP contribution is -2.28. The number of carbonyl (C=O) groups excluding carboxylic acids is 1. The first-order valence-electron chi connectivity index (χ1n) is 8.28. The van der Waals surface area contributed by atoms with E-state index in [1.807, 2.05) is 29.2 Å². The number of halogens is 1. The standard InChI is InChI=1S/C19H17FN2O2S/c20-14-5-8-16-17(12-14)25-19(21-16)24-15-6-3-13(4-7-15)11-18(23)22-9-1-2-10-22/h3-8,12H,1-2,9-11H2. The van der Waals surface area contributed by atoms with Gasteiger partial charge in [-0.25, -0.2) is 9.37 Å². The number of fused-ring (bicyclic) bond motifs is 1. The van der Waals surface area contributed by atoms with Crippen LogP contribution in [-0.4, -0.2) is 28.9 Å². The Bertz CT molecular complexity index is 901. The summed E-state index contributed by atoms with van der Waals surface area (Å²) in [6.45, 7) is 1.75. The summed E-state index contributed by atoms with van der Waals surface area (Å²) in [6.07, 6.45) is 2.62. The molecule has 25 heavy (non-hydrogen) atoms. The highest BCUT2D eigenvalue weighted by Crippen LogP contribution is 2.31. The molecule has 0 radical (unpaired) electrons. The summed E-state index contributed by atoms with van der Waals surface area (Å²) in [7, 11) is 0. The number of ether oxygens (including phenoxy) is 1. The summed E-state index contributed by atoms with van der Waals surface area (Å²) in [4.78, 5) is 18.4. The molecule has 1 amide bonds. The Morgan fingerprint density at radius 1 is 1.16 bits per heavy atom. The molecule has 1 fully saturated rings. The Balaban J connectivity index is 1.43. The molecule has 3 aromatic rings. The second-order valence-corrected chi connectivity index (χ2v) is 7.10. The van der Waals surface area contributed by atoms with Crippen LogP contribution in [0.2, 0.25) is 0 Å². The zero-order valence-corrected chi connectivity index (χ0v) is 14.4. The third-order valence-electron chi connectivity index (χ3n) is 4.27. The van der Waals surface area contributed by atoms with Gasteiger partial charge in [-0.1, -0.05) is 23.5 Å². The summed E-state index contributed by atoms with van der Waals surface area (Å²) in [6, 6.07) is 11.9. The number of amides is 1. The van der Waals surface area contributed by atoms with Gasteiger partial charge in [0, 0.05) is 13.1 Å². The van der Waals surface area contributed by atoms with Crippen molar-refractivity contribution in [2.75, 3.05) is 13.1 Å². The van der Waals surface area contributed by atoms with E-state index in [4.69, 9.17) is 4.74 Å². The maximum atomic E-state index is 13.2. The molecule has 1 aromatic heterocycles. The summed E-state index contributed by atoms with van der Waals surface area (Å²) in [5, 5.41) is 0.474. The molecule has 0 atom stereocenters. The van der Waals surface area contributed by atoms with Gasteiger partial charge in [-0.2, -0.15) is 0 Å². The second kappa shape index (κ2) is 6.80. The van der Waals surface area contributed by atoms with E-state index < -0.39 is 0 Å². The lowest BCUT2D eigenvalue weighted by molar-refractivity contribution is -0.129. The average molecular weight is 356 g/mol. The van der Waals surface area contributed by atoms with Crippen LogP contribution in [-0.2, 0) is 11.2 Å². The number of benzene rings is 2. The minimum atomic E-state index is -0.283. The predicted molar refractivity (Wildman–Crippen MR) is 95.6 cm³/mol. The van der Waals surface area contributed by atoms with Gasteiger partial charge in [0.15, 0.2) is 0 Å². The largest absolute Gasteiger partial charge is 0.431 e.